The number of fused-ring (bicyclic) bond motifs is 1. The molecule has 1 saturated carbocycles. The summed E-state index contributed by atoms with van der Waals surface area (Å²) in [6.07, 6.45) is 4.99. The zero-order chi connectivity index (χ0) is 17.4. The third-order valence-electron chi connectivity index (χ3n) is 5.67. The number of ether oxygens (including phenoxy) is 2. The van der Waals surface area contributed by atoms with Gasteiger partial charge in [-0.3, -0.25) is 0 Å². The van der Waals surface area contributed by atoms with E-state index in [1.807, 2.05) is 17.6 Å². The van der Waals surface area contributed by atoms with Gasteiger partial charge in [-0.25, -0.2) is 4.79 Å². The Kier molecular flexibility index (Phi) is 4.29. The molecule has 1 aromatic carbocycles. The maximum absolute atomic E-state index is 12.5. The first-order chi connectivity index (χ1) is 12.1. The fraction of sp³-hybridized carbons (Fsp3) is 0.550. The highest BCUT2D eigenvalue weighted by atomic mass is 16.5. The number of rotatable bonds is 4. The number of nitrogens with zero attached hydrogens (tertiary/aromatic N) is 1. The molecule has 1 aromatic heterocycles. The van der Waals surface area contributed by atoms with E-state index in [0.29, 0.717) is 18.2 Å². The second-order valence-electron chi connectivity index (χ2n) is 7.25. The average Bonchev–Trinajstić information content (AvgIpc) is 3.00. The van der Waals surface area contributed by atoms with Gasteiger partial charge in [0.25, 0.3) is 0 Å². The lowest BCUT2D eigenvalue weighted by Crippen LogP contribution is -2.50. The van der Waals surface area contributed by atoms with Gasteiger partial charge in [-0.1, -0.05) is 6.07 Å². The number of nitrogens with two attached hydrogens (primary N) is 1. The fourth-order valence-corrected chi connectivity index (χ4v) is 4.12. The molecule has 1 aliphatic heterocycles. The van der Waals surface area contributed by atoms with E-state index in [1.165, 1.54) is 5.56 Å². The predicted molar refractivity (Wildman–Crippen MR) is 96.7 cm³/mol. The van der Waals surface area contributed by atoms with Crippen molar-refractivity contribution in [2.45, 2.75) is 50.6 Å². The van der Waals surface area contributed by atoms with E-state index < -0.39 is 5.66 Å². The van der Waals surface area contributed by atoms with Gasteiger partial charge in [0.15, 0.2) is 0 Å². The van der Waals surface area contributed by atoms with Crippen molar-refractivity contribution in [3.63, 3.8) is 0 Å². The smallest absolute Gasteiger partial charge is 0.355 e. The van der Waals surface area contributed by atoms with Crippen LogP contribution in [0, 0.1) is 0 Å². The molecule has 1 saturated heterocycles. The van der Waals surface area contributed by atoms with Crippen LogP contribution in [0.15, 0.2) is 24.3 Å². The molecule has 4 rings (SSSR count). The number of hydrogen-bond acceptors (Lipinski definition) is 4. The Morgan fingerprint density at radius 3 is 2.72 bits per heavy atom. The molecule has 2 aromatic rings. The van der Waals surface area contributed by atoms with E-state index in [0.717, 1.165) is 56.2 Å². The number of esters is 1. The molecule has 0 radical (unpaired) electrons. The average molecular weight is 342 g/mol. The van der Waals surface area contributed by atoms with Crippen molar-refractivity contribution in [1.29, 1.82) is 0 Å². The fourth-order valence-electron chi connectivity index (χ4n) is 4.12. The van der Waals surface area contributed by atoms with Gasteiger partial charge in [0.1, 0.15) is 5.69 Å². The first-order valence-electron chi connectivity index (χ1n) is 9.32. The zero-order valence-electron chi connectivity index (χ0n) is 14.8. The molecule has 25 heavy (non-hydrogen) atoms. The molecule has 5 heteroatoms. The minimum atomic E-state index is -0.468. The van der Waals surface area contributed by atoms with Crippen LogP contribution in [0.1, 0.15) is 61.0 Å². The normalized spacial score (nSPS) is 20.4. The van der Waals surface area contributed by atoms with Crippen LogP contribution in [-0.4, -0.2) is 30.4 Å². The van der Waals surface area contributed by atoms with Crippen molar-refractivity contribution in [2.75, 3.05) is 19.8 Å². The van der Waals surface area contributed by atoms with Gasteiger partial charge >= 0.3 is 5.97 Å². The summed E-state index contributed by atoms with van der Waals surface area (Å²) in [7, 11) is 0. The van der Waals surface area contributed by atoms with Crippen LogP contribution in [0.3, 0.4) is 0 Å². The van der Waals surface area contributed by atoms with Crippen molar-refractivity contribution in [1.82, 2.24) is 4.57 Å². The van der Waals surface area contributed by atoms with Crippen LogP contribution >= 0.6 is 0 Å². The van der Waals surface area contributed by atoms with Crippen LogP contribution in [0.2, 0.25) is 0 Å². The number of aromatic nitrogens is 1. The standard InChI is InChI=1S/C20H26N2O3/c1-2-25-19(23)18-13-16-12-15(14-6-10-24-11-7-14)4-5-17(16)22(18)20(21)8-3-9-20/h4-5,12-14H,2-3,6-11,21H2,1H3. The third-order valence-corrected chi connectivity index (χ3v) is 5.67. The third kappa shape index (κ3) is 2.85. The minimum Gasteiger partial charge on any atom is -0.461 e. The topological polar surface area (TPSA) is 66.5 Å². The molecule has 0 atom stereocenters. The molecule has 0 unspecified atom stereocenters. The van der Waals surface area contributed by atoms with Gasteiger partial charge in [-0.15, -0.1) is 0 Å². The summed E-state index contributed by atoms with van der Waals surface area (Å²) in [6.45, 7) is 3.84. The van der Waals surface area contributed by atoms with Crippen LogP contribution < -0.4 is 5.73 Å². The second-order valence-corrected chi connectivity index (χ2v) is 7.25. The maximum Gasteiger partial charge on any atom is 0.355 e. The van der Waals surface area contributed by atoms with Crippen molar-refractivity contribution >= 4 is 16.9 Å². The molecule has 2 N–H and O–H groups in total. The molecule has 5 nitrogen and oxygen atoms in total. The van der Waals surface area contributed by atoms with Crippen molar-refractivity contribution in [2.24, 2.45) is 5.73 Å². The van der Waals surface area contributed by atoms with E-state index in [9.17, 15) is 4.79 Å². The summed E-state index contributed by atoms with van der Waals surface area (Å²) in [5.74, 6) is 0.242. The van der Waals surface area contributed by atoms with Crippen LogP contribution in [0.25, 0.3) is 10.9 Å². The van der Waals surface area contributed by atoms with Gasteiger partial charge in [0.05, 0.1) is 17.8 Å². The van der Waals surface area contributed by atoms with Crippen molar-refractivity contribution in [3.05, 3.63) is 35.5 Å². The lowest BCUT2D eigenvalue weighted by Gasteiger charge is -2.41. The Labute approximate surface area is 148 Å². The summed E-state index contributed by atoms with van der Waals surface area (Å²) in [5.41, 5.74) is 9.04. The largest absolute Gasteiger partial charge is 0.461 e. The summed E-state index contributed by atoms with van der Waals surface area (Å²) < 4.78 is 12.8. The Morgan fingerprint density at radius 1 is 1.32 bits per heavy atom. The molecule has 0 spiro atoms. The number of carbonyl (C=O) groups excluding carboxylic acids is 1. The predicted octanol–water partition coefficient (Wildman–Crippen LogP) is 3.51. The first kappa shape index (κ1) is 16.6. The van der Waals surface area contributed by atoms with E-state index in [4.69, 9.17) is 15.2 Å². The molecule has 2 aliphatic rings. The van der Waals surface area contributed by atoms with Gasteiger partial charge in [-0.05, 0) is 68.7 Å². The molecular formula is C20H26N2O3. The molecule has 134 valence electrons. The molecule has 2 fully saturated rings. The first-order valence-corrected chi connectivity index (χ1v) is 9.32. The van der Waals surface area contributed by atoms with Crippen molar-refractivity contribution < 1.29 is 14.3 Å². The lowest BCUT2D eigenvalue weighted by atomic mass is 9.85. The van der Waals surface area contributed by atoms with Gasteiger partial charge in [0, 0.05) is 18.6 Å². The number of carbonyl (C=O) groups is 1. The summed E-state index contributed by atoms with van der Waals surface area (Å²) in [5, 5.41) is 1.07. The maximum atomic E-state index is 12.5. The second kappa shape index (κ2) is 6.46. The van der Waals surface area contributed by atoms with Crippen LogP contribution in [-0.2, 0) is 15.1 Å². The monoisotopic (exact) mass is 342 g/mol. The van der Waals surface area contributed by atoms with E-state index in [1.54, 1.807) is 0 Å². The van der Waals surface area contributed by atoms with Crippen LogP contribution in [0.4, 0.5) is 0 Å². The Hall–Kier alpha value is -1.85. The van der Waals surface area contributed by atoms with E-state index in [-0.39, 0.29) is 5.97 Å². The Bertz CT molecular complexity index is 786. The van der Waals surface area contributed by atoms with Gasteiger partial charge < -0.3 is 19.8 Å². The molecule has 0 amide bonds. The number of benzene rings is 1. The Morgan fingerprint density at radius 2 is 2.08 bits per heavy atom. The summed E-state index contributed by atoms with van der Waals surface area (Å²) in [4.78, 5) is 12.5. The highest BCUT2D eigenvalue weighted by Crippen LogP contribution is 2.39. The SMILES string of the molecule is CCOC(=O)c1cc2cc(C3CCOCC3)ccc2n1C1(N)CCC1. The highest BCUT2D eigenvalue weighted by molar-refractivity contribution is 5.96. The quantitative estimate of drug-likeness (QED) is 0.864. The van der Waals surface area contributed by atoms with E-state index >= 15 is 0 Å². The van der Waals surface area contributed by atoms with E-state index in [2.05, 4.69) is 18.2 Å². The minimum absolute atomic E-state index is 0.289. The summed E-state index contributed by atoms with van der Waals surface area (Å²) >= 11 is 0. The molecular weight excluding hydrogens is 316 g/mol. The summed E-state index contributed by atoms with van der Waals surface area (Å²) in [6, 6.07) is 8.47. The molecule has 2 heterocycles. The van der Waals surface area contributed by atoms with Gasteiger partial charge in [-0.2, -0.15) is 0 Å². The van der Waals surface area contributed by atoms with Crippen molar-refractivity contribution in [3.8, 4) is 0 Å². The van der Waals surface area contributed by atoms with Crippen LogP contribution in [0.5, 0.6) is 0 Å². The molecule has 1 aliphatic carbocycles. The zero-order valence-corrected chi connectivity index (χ0v) is 14.8. The number of hydrogen-bond donors (Lipinski definition) is 1. The highest BCUT2D eigenvalue weighted by Gasteiger charge is 2.38. The lowest BCUT2D eigenvalue weighted by molar-refractivity contribution is 0.0489. The Balaban J connectivity index is 1.79. The molecule has 0 bridgehead atoms. The van der Waals surface area contributed by atoms with Gasteiger partial charge in [0.2, 0.25) is 0 Å².